The Bertz CT molecular complexity index is 833. The van der Waals surface area contributed by atoms with E-state index in [1.54, 1.807) is 12.5 Å². The zero-order valence-electron chi connectivity index (χ0n) is 18.3. The molecule has 0 bridgehead atoms. The maximum atomic E-state index is 5.30. The molecule has 2 unspecified atom stereocenters. The van der Waals surface area contributed by atoms with Crippen molar-refractivity contribution in [1.82, 2.24) is 0 Å². The van der Waals surface area contributed by atoms with Gasteiger partial charge in [-0.15, -0.1) is 12.2 Å². The van der Waals surface area contributed by atoms with Gasteiger partial charge in [0.05, 0.1) is 12.5 Å². The Balaban J connectivity index is 0.000000452. The van der Waals surface area contributed by atoms with Gasteiger partial charge in [-0.25, -0.2) is 0 Å². The molecule has 2 nitrogen and oxygen atoms in total. The first-order valence-corrected chi connectivity index (χ1v) is 14.4. The fourth-order valence-corrected chi connectivity index (χ4v) is 3.06. The van der Waals surface area contributed by atoms with Crippen LogP contribution in [-0.4, -0.2) is 6.19 Å². The molecule has 30 heavy (non-hydrogen) atoms. The minimum atomic E-state index is 0. The Kier molecular flexibility index (Phi) is 13.7. The Morgan fingerprint density at radius 2 is 1.13 bits per heavy atom. The molecule has 0 amide bonds. The minimum absolute atomic E-state index is 0. The molecule has 0 aromatic carbocycles. The Morgan fingerprint density at radius 3 is 1.33 bits per heavy atom. The van der Waals surface area contributed by atoms with E-state index in [9.17, 15) is 0 Å². The van der Waals surface area contributed by atoms with Crippen molar-refractivity contribution in [3.8, 4) is 0 Å². The first-order valence-electron chi connectivity index (χ1n) is 9.52. The molecule has 0 spiro atoms. The van der Waals surface area contributed by atoms with Gasteiger partial charge < -0.3 is 33.6 Å². The molecule has 6 heteroatoms. The van der Waals surface area contributed by atoms with Crippen LogP contribution in [0.3, 0.4) is 0 Å². The molecule has 0 saturated heterocycles. The fraction of sp³-hybridized carbons (Fsp3) is 0.333. The summed E-state index contributed by atoms with van der Waals surface area (Å²) in [5, 5.41) is 0. The van der Waals surface area contributed by atoms with Crippen molar-refractivity contribution >= 4 is 17.3 Å². The van der Waals surface area contributed by atoms with Crippen molar-refractivity contribution in [3.05, 3.63) is 83.8 Å². The number of halogens is 2. The van der Waals surface area contributed by atoms with Gasteiger partial charge >= 0.3 is 38.5 Å². The van der Waals surface area contributed by atoms with Gasteiger partial charge in [0.25, 0.3) is 0 Å². The van der Waals surface area contributed by atoms with Crippen molar-refractivity contribution in [3.63, 3.8) is 0 Å². The molecule has 160 valence electrons. The quantitative estimate of drug-likeness (QED) is 0.458. The molecule has 2 aliphatic rings. The van der Waals surface area contributed by atoms with E-state index in [0.717, 1.165) is 22.7 Å². The number of hydrogen-bond acceptors (Lipinski definition) is 2. The summed E-state index contributed by atoms with van der Waals surface area (Å²) in [6.45, 7) is 13.0. The van der Waals surface area contributed by atoms with Crippen LogP contribution in [0, 0.1) is 24.0 Å². The smallest absolute Gasteiger partial charge is 1.00 e. The van der Waals surface area contributed by atoms with E-state index in [2.05, 4.69) is 84.3 Å². The van der Waals surface area contributed by atoms with Gasteiger partial charge in [0.1, 0.15) is 0 Å². The van der Waals surface area contributed by atoms with Gasteiger partial charge in [0, 0.05) is 11.5 Å². The summed E-state index contributed by atoms with van der Waals surface area (Å²) in [5.41, 5.74) is 4.76. The summed E-state index contributed by atoms with van der Waals surface area (Å²) in [6.07, 6.45) is 14.6. The number of hydrogen-bond donors (Lipinski definition) is 0. The maximum Gasteiger partial charge on any atom is -1.00 e. The summed E-state index contributed by atoms with van der Waals surface area (Å²) < 4.78 is 10.6. The third-order valence-corrected chi connectivity index (χ3v) is 4.07. The molecule has 2 aliphatic carbocycles. The van der Waals surface area contributed by atoms with E-state index in [1.807, 2.05) is 24.3 Å². The molecule has 0 N–H and O–H groups in total. The van der Waals surface area contributed by atoms with Crippen LogP contribution in [0.15, 0.2) is 68.9 Å². The summed E-state index contributed by atoms with van der Waals surface area (Å²) >= 11 is 2.27. The van der Waals surface area contributed by atoms with Crippen molar-refractivity contribution < 1.29 is 52.8 Å². The molecule has 0 radical (unpaired) electrons. The van der Waals surface area contributed by atoms with Crippen LogP contribution in [0.4, 0.5) is 0 Å². The summed E-state index contributed by atoms with van der Waals surface area (Å²) in [7, 11) is 0. The van der Waals surface area contributed by atoms with Crippen molar-refractivity contribution in [1.29, 1.82) is 0 Å². The zero-order valence-corrected chi connectivity index (χ0v) is 22.4. The SMILES string of the molecule is CC1=CC(C)[C-]=C1c1ccco1.CC1=CC(C)[C-]=C1c1ccco1.C[Si](C)=[Ti+2].[Cl-].[Cl-]. The van der Waals surface area contributed by atoms with Crippen LogP contribution in [0.1, 0.15) is 39.2 Å². The average molecular weight is 495 g/mol. The topological polar surface area (TPSA) is 26.3 Å². The number of furan rings is 2. The van der Waals surface area contributed by atoms with Crippen molar-refractivity contribution in [2.24, 2.45) is 11.8 Å². The van der Waals surface area contributed by atoms with Gasteiger partial charge in [-0.05, 0) is 12.1 Å². The molecule has 0 saturated carbocycles. The molecular formula is C24H28Cl2O2SiTi-2. The number of allylic oxidation sites excluding steroid dienone is 8. The Hall–Kier alpha value is -0.969. The van der Waals surface area contributed by atoms with E-state index in [0.29, 0.717) is 11.8 Å². The van der Waals surface area contributed by atoms with Gasteiger partial charge in [-0.3, -0.25) is 0 Å². The summed E-state index contributed by atoms with van der Waals surface area (Å²) in [5.74, 6) is 2.69. The first-order chi connectivity index (χ1) is 13.3. The van der Waals surface area contributed by atoms with Crippen LogP contribution in [0.2, 0.25) is 13.1 Å². The molecule has 2 aromatic heterocycles. The zero-order chi connectivity index (χ0) is 20.7. The van der Waals surface area contributed by atoms with E-state index >= 15 is 0 Å². The second-order valence-corrected chi connectivity index (χ2v) is 14.0. The van der Waals surface area contributed by atoms with Gasteiger partial charge in [-0.1, -0.05) is 51.7 Å². The Labute approximate surface area is 205 Å². The van der Waals surface area contributed by atoms with E-state index in [-0.39, 0.29) is 31.0 Å². The van der Waals surface area contributed by atoms with Crippen molar-refractivity contribution in [2.45, 2.75) is 40.8 Å². The molecular weight excluding hydrogens is 467 g/mol. The van der Waals surface area contributed by atoms with Gasteiger partial charge in [-0.2, -0.15) is 34.4 Å². The van der Waals surface area contributed by atoms with E-state index < -0.39 is 0 Å². The third kappa shape index (κ3) is 9.03. The second kappa shape index (κ2) is 14.2. The summed E-state index contributed by atoms with van der Waals surface area (Å²) in [6, 6.07) is 7.75. The normalized spacial score (nSPS) is 18.8. The monoisotopic (exact) mass is 494 g/mol. The predicted molar refractivity (Wildman–Crippen MR) is 114 cm³/mol. The molecule has 0 fully saturated rings. The maximum absolute atomic E-state index is 5.30. The predicted octanol–water partition coefficient (Wildman–Crippen LogP) is 0.917. The molecule has 4 rings (SSSR count). The molecule has 2 aromatic rings. The Morgan fingerprint density at radius 1 is 0.800 bits per heavy atom. The standard InChI is InChI=1S/2C11H11O.C2H6Si.2ClH.Ti/c2*1-8-6-9(2)10(7-8)11-4-3-5-12-11;1-3-2;;;/h2*3-6,8H,1-2H3;1-2H3;2*1H;/q2*-1;;;;+2/p-2. The van der Waals surface area contributed by atoms with Gasteiger partial charge in [0.15, 0.2) is 0 Å². The first kappa shape index (κ1) is 29.0. The molecule has 2 heterocycles. The molecule has 0 aliphatic heterocycles. The summed E-state index contributed by atoms with van der Waals surface area (Å²) in [4.78, 5) is 0. The van der Waals surface area contributed by atoms with Crippen LogP contribution in [-0.2, 0) is 19.2 Å². The largest absolute Gasteiger partial charge is 1.00 e. The van der Waals surface area contributed by atoms with Crippen LogP contribution in [0.25, 0.3) is 11.1 Å². The molecule has 2 atom stereocenters. The third-order valence-electron chi connectivity index (χ3n) is 4.07. The van der Waals surface area contributed by atoms with Crippen LogP contribution in [0.5, 0.6) is 0 Å². The van der Waals surface area contributed by atoms with Crippen molar-refractivity contribution in [2.75, 3.05) is 0 Å². The van der Waals surface area contributed by atoms with E-state index in [1.165, 1.54) is 11.1 Å². The number of rotatable bonds is 2. The fourth-order valence-electron chi connectivity index (χ4n) is 3.06. The van der Waals surface area contributed by atoms with Gasteiger partial charge in [0.2, 0.25) is 0 Å². The van der Waals surface area contributed by atoms with Crippen LogP contribution < -0.4 is 24.8 Å². The minimum Gasteiger partial charge on any atom is -1.00 e. The second-order valence-electron chi connectivity index (χ2n) is 7.27. The van der Waals surface area contributed by atoms with E-state index in [4.69, 9.17) is 8.83 Å². The van der Waals surface area contributed by atoms with Crippen LogP contribution >= 0.6 is 0 Å². The average Bonchev–Trinajstić information content (AvgIpc) is 3.36.